The van der Waals surface area contributed by atoms with E-state index >= 15 is 0 Å². The molecular weight excluding hydrogens is 328 g/mol. The Labute approximate surface area is 145 Å². The highest BCUT2D eigenvalue weighted by atomic mass is 32.2. The Morgan fingerprint density at radius 3 is 2.54 bits per heavy atom. The molecule has 0 unspecified atom stereocenters. The minimum atomic E-state index is -3.15. The number of hydrogen-bond donors (Lipinski definition) is 3. The molecule has 0 saturated heterocycles. The monoisotopic (exact) mass is 356 g/mol. The molecular formula is C16H28N4O3S. The Balaban J connectivity index is 2.34. The highest BCUT2D eigenvalue weighted by Crippen LogP contribution is 2.18. The standard InChI is InChI=1S/C16H28N4O3S/c1-5-24(21,22)20-11-10-19-16(17-3)18-9-8-14-7-6-13(2)15(12-14)23-4/h6-7,12,20H,5,8-11H2,1-4H3,(H2,17,18,19). The number of sulfonamides is 1. The predicted molar refractivity (Wildman–Crippen MR) is 98.3 cm³/mol. The van der Waals surface area contributed by atoms with Crippen LogP contribution in [0.3, 0.4) is 0 Å². The van der Waals surface area contributed by atoms with E-state index in [1.807, 2.05) is 19.1 Å². The van der Waals surface area contributed by atoms with E-state index in [-0.39, 0.29) is 5.75 Å². The molecule has 24 heavy (non-hydrogen) atoms. The van der Waals surface area contributed by atoms with Crippen molar-refractivity contribution in [1.29, 1.82) is 0 Å². The Bertz CT molecular complexity index is 645. The summed E-state index contributed by atoms with van der Waals surface area (Å²) >= 11 is 0. The molecule has 0 aliphatic rings. The van der Waals surface area contributed by atoms with Crippen molar-refractivity contribution in [2.75, 3.05) is 39.5 Å². The van der Waals surface area contributed by atoms with Gasteiger partial charge in [0.2, 0.25) is 10.0 Å². The van der Waals surface area contributed by atoms with Crippen molar-refractivity contribution in [2.24, 2.45) is 4.99 Å². The zero-order chi connectivity index (χ0) is 18.0. The fourth-order valence-corrected chi connectivity index (χ4v) is 2.67. The number of ether oxygens (including phenoxy) is 1. The van der Waals surface area contributed by atoms with Gasteiger partial charge in [-0.2, -0.15) is 0 Å². The minimum absolute atomic E-state index is 0.0833. The highest BCUT2D eigenvalue weighted by molar-refractivity contribution is 7.89. The lowest BCUT2D eigenvalue weighted by Crippen LogP contribution is -2.42. The van der Waals surface area contributed by atoms with Crippen LogP contribution in [0.25, 0.3) is 0 Å². The number of aliphatic imine (C=N–C) groups is 1. The van der Waals surface area contributed by atoms with Crippen LogP contribution in [0.5, 0.6) is 5.75 Å². The topological polar surface area (TPSA) is 91.8 Å². The van der Waals surface area contributed by atoms with Crippen LogP contribution in [-0.2, 0) is 16.4 Å². The second-order valence-corrected chi connectivity index (χ2v) is 7.37. The summed E-state index contributed by atoms with van der Waals surface area (Å²) in [6, 6.07) is 6.16. The van der Waals surface area contributed by atoms with E-state index in [9.17, 15) is 8.42 Å². The summed E-state index contributed by atoms with van der Waals surface area (Å²) in [7, 11) is 0.201. The van der Waals surface area contributed by atoms with Crippen molar-refractivity contribution < 1.29 is 13.2 Å². The van der Waals surface area contributed by atoms with Crippen molar-refractivity contribution in [1.82, 2.24) is 15.4 Å². The molecule has 0 aliphatic heterocycles. The number of nitrogens with zero attached hydrogens (tertiary/aromatic N) is 1. The highest BCUT2D eigenvalue weighted by Gasteiger charge is 2.05. The van der Waals surface area contributed by atoms with E-state index in [1.54, 1.807) is 21.1 Å². The normalized spacial score (nSPS) is 12.1. The van der Waals surface area contributed by atoms with Crippen molar-refractivity contribution >= 4 is 16.0 Å². The van der Waals surface area contributed by atoms with Gasteiger partial charge in [0, 0.05) is 26.7 Å². The van der Waals surface area contributed by atoms with Crippen molar-refractivity contribution in [3.05, 3.63) is 29.3 Å². The maximum Gasteiger partial charge on any atom is 0.211 e. The molecule has 0 aromatic heterocycles. The lowest BCUT2D eigenvalue weighted by molar-refractivity contribution is 0.411. The van der Waals surface area contributed by atoms with Gasteiger partial charge in [-0.05, 0) is 37.5 Å². The van der Waals surface area contributed by atoms with Gasteiger partial charge in [-0.1, -0.05) is 12.1 Å². The van der Waals surface area contributed by atoms with Crippen LogP contribution in [0.4, 0.5) is 0 Å². The van der Waals surface area contributed by atoms with Crippen molar-refractivity contribution in [3.8, 4) is 5.75 Å². The molecule has 1 aromatic rings. The third kappa shape index (κ3) is 7.18. The number of hydrogen-bond acceptors (Lipinski definition) is 4. The van der Waals surface area contributed by atoms with Gasteiger partial charge >= 0.3 is 0 Å². The van der Waals surface area contributed by atoms with E-state index in [4.69, 9.17) is 4.74 Å². The molecule has 1 rings (SSSR count). The van der Waals surface area contributed by atoms with Gasteiger partial charge in [-0.15, -0.1) is 0 Å². The van der Waals surface area contributed by atoms with Crippen molar-refractivity contribution in [2.45, 2.75) is 20.3 Å². The predicted octanol–water partition coefficient (Wildman–Crippen LogP) is 0.650. The molecule has 0 amide bonds. The van der Waals surface area contributed by atoms with Crippen LogP contribution in [0.15, 0.2) is 23.2 Å². The number of methoxy groups -OCH3 is 1. The molecule has 1 aromatic carbocycles. The quantitative estimate of drug-likeness (QED) is 0.343. The Morgan fingerprint density at radius 2 is 1.92 bits per heavy atom. The minimum Gasteiger partial charge on any atom is -0.496 e. The van der Waals surface area contributed by atoms with Gasteiger partial charge in [0.1, 0.15) is 5.75 Å². The fraction of sp³-hybridized carbons (Fsp3) is 0.562. The van der Waals surface area contributed by atoms with Gasteiger partial charge in [-0.3, -0.25) is 4.99 Å². The first-order valence-electron chi connectivity index (χ1n) is 7.97. The molecule has 3 N–H and O–H groups in total. The van der Waals surface area contributed by atoms with E-state index in [1.165, 1.54) is 5.56 Å². The average molecular weight is 356 g/mol. The number of benzene rings is 1. The smallest absolute Gasteiger partial charge is 0.211 e. The van der Waals surface area contributed by atoms with Crippen LogP contribution in [-0.4, -0.2) is 53.9 Å². The van der Waals surface area contributed by atoms with E-state index in [0.29, 0.717) is 25.6 Å². The molecule has 0 atom stereocenters. The van der Waals surface area contributed by atoms with Gasteiger partial charge < -0.3 is 15.4 Å². The summed E-state index contributed by atoms with van der Waals surface area (Å²) in [6.45, 7) is 5.13. The van der Waals surface area contributed by atoms with Crippen LogP contribution in [0.2, 0.25) is 0 Å². The summed E-state index contributed by atoms with van der Waals surface area (Å²) in [6.07, 6.45) is 0.833. The van der Waals surface area contributed by atoms with Gasteiger partial charge in [0.15, 0.2) is 5.96 Å². The first kappa shape index (κ1) is 20.2. The lowest BCUT2D eigenvalue weighted by Gasteiger charge is -2.13. The SMILES string of the molecule is CCS(=O)(=O)NCCNC(=NC)NCCc1ccc(C)c(OC)c1. The third-order valence-electron chi connectivity index (χ3n) is 3.52. The van der Waals surface area contributed by atoms with Gasteiger partial charge in [0.25, 0.3) is 0 Å². The number of nitrogens with one attached hydrogen (secondary N) is 3. The maximum absolute atomic E-state index is 11.3. The number of rotatable bonds is 9. The second kappa shape index (κ2) is 10.1. The molecule has 0 radical (unpaired) electrons. The van der Waals surface area contributed by atoms with E-state index in [0.717, 1.165) is 17.7 Å². The molecule has 8 heteroatoms. The molecule has 0 saturated carbocycles. The molecule has 7 nitrogen and oxygen atoms in total. The van der Waals surface area contributed by atoms with Gasteiger partial charge in [0.05, 0.1) is 12.9 Å². The Hall–Kier alpha value is -1.80. The average Bonchev–Trinajstić information content (AvgIpc) is 2.58. The van der Waals surface area contributed by atoms with Crippen LogP contribution >= 0.6 is 0 Å². The van der Waals surface area contributed by atoms with Crippen molar-refractivity contribution in [3.63, 3.8) is 0 Å². The number of aryl methyl sites for hydroxylation is 1. The molecule has 0 fully saturated rings. The number of guanidine groups is 1. The first-order valence-corrected chi connectivity index (χ1v) is 9.62. The molecule has 0 spiro atoms. The molecule has 136 valence electrons. The van der Waals surface area contributed by atoms with Gasteiger partial charge in [-0.25, -0.2) is 13.1 Å². The third-order valence-corrected chi connectivity index (χ3v) is 4.93. The zero-order valence-corrected chi connectivity index (χ0v) is 15.7. The zero-order valence-electron chi connectivity index (χ0n) is 14.8. The Kier molecular flexibility index (Phi) is 8.56. The Morgan fingerprint density at radius 1 is 1.21 bits per heavy atom. The van der Waals surface area contributed by atoms with Crippen LogP contribution < -0.4 is 20.1 Å². The summed E-state index contributed by atoms with van der Waals surface area (Å²) in [5.41, 5.74) is 2.29. The largest absolute Gasteiger partial charge is 0.496 e. The van der Waals surface area contributed by atoms with E-state index < -0.39 is 10.0 Å². The lowest BCUT2D eigenvalue weighted by atomic mass is 10.1. The first-order chi connectivity index (χ1) is 11.4. The maximum atomic E-state index is 11.3. The van der Waals surface area contributed by atoms with Crippen LogP contribution in [0, 0.1) is 6.92 Å². The molecule has 0 aliphatic carbocycles. The molecule has 0 bridgehead atoms. The summed E-state index contributed by atoms with van der Waals surface area (Å²) < 4.78 is 30.5. The summed E-state index contributed by atoms with van der Waals surface area (Å²) in [5, 5.41) is 6.27. The van der Waals surface area contributed by atoms with Crippen LogP contribution in [0.1, 0.15) is 18.1 Å². The summed E-state index contributed by atoms with van der Waals surface area (Å²) in [4.78, 5) is 4.11. The fourth-order valence-electron chi connectivity index (χ4n) is 2.06. The molecule has 0 heterocycles. The van der Waals surface area contributed by atoms with E-state index in [2.05, 4.69) is 26.4 Å². The summed E-state index contributed by atoms with van der Waals surface area (Å²) in [5.74, 6) is 1.61. The second-order valence-electron chi connectivity index (χ2n) is 5.28.